The van der Waals surface area contributed by atoms with Crippen LogP contribution in [-0.4, -0.2) is 33.9 Å². The molecular weight excluding hydrogens is 470 g/mol. The SMILES string of the molecule is Cc1ncn(C)c1[C@@]1(CNC(=O)c2ccc(F)cc2-c2ccc(C(F)(F)F)cc2)NC(=O)NC1=O. The van der Waals surface area contributed by atoms with E-state index in [0.717, 1.165) is 36.4 Å². The van der Waals surface area contributed by atoms with Crippen LogP contribution in [0.4, 0.5) is 22.4 Å². The molecular formula is C23H19F4N5O3. The Kier molecular flexibility index (Phi) is 5.83. The first kappa shape index (κ1) is 23.9. The number of carbonyl (C=O) groups excluding carboxylic acids is 3. The summed E-state index contributed by atoms with van der Waals surface area (Å²) in [5, 5.41) is 7.28. The highest BCUT2D eigenvalue weighted by atomic mass is 19.4. The quantitative estimate of drug-likeness (QED) is 0.379. The number of hydrogen-bond donors (Lipinski definition) is 3. The molecule has 1 atom stereocenters. The van der Waals surface area contributed by atoms with Crippen LogP contribution in [0.3, 0.4) is 0 Å². The lowest BCUT2D eigenvalue weighted by Gasteiger charge is -2.27. The van der Waals surface area contributed by atoms with E-state index in [-0.39, 0.29) is 23.2 Å². The summed E-state index contributed by atoms with van der Waals surface area (Å²) in [5.41, 5.74) is -1.53. The number of urea groups is 1. The molecule has 3 N–H and O–H groups in total. The molecule has 0 aliphatic carbocycles. The Labute approximate surface area is 196 Å². The second-order valence-electron chi connectivity index (χ2n) is 8.05. The number of hydrogen-bond acceptors (Lipinski definition) is 4. The van der Waals surface area contributed by atoms with E-state index in [1.54, 1.807) is 14.0 Å². The van der Waals surface area contributed by atoms with Crippen molar-refractivity contribution in [3.8, 4) is 11.1 Å². The van der Waals surface area contributed by atoms with Gasteiger partial charge in [-0.05, 0) is 48.4 Å². The molecule has 0 bridgehead atoms. The topological polar surface area (TPSA) is 105 Å². The minimum atomic E-state index is -4.55. The molecule has 2 aromatic carbocycles. The minimum Gasteiger partial charge on any atom is -0.349 e. The molecule has 1 fully saturated rings. The first-order valence-corrected chi connectivity index (χ1v) is 10.3. The third-order valence-electron chi connectivity index (χ3n) is 5.73. The zero-order valence-electron chi connectivity index (χ0n) is 18.5. The van der Waals surface area contributed by atoms with E-state index in [9.17, 15) is 31.9 Å². The van der Waals surface area contributed by atoms with Crippen LogP contribution in [0.1, 0.15) is 27.3 Å². The fraction of sp³-hybridized carbons (Fsp3) is 0.217. The Morgan fingerprint density at radius 2 is 1.83 bits per heavy atom. The average Bonchev–Trinajstić information content (AvgIpc) is 3.28. The number of aryl methyl sites for hydroxylation is 2. The van der Waals surface area contributed by atoms with Crippen molar-refractivity contribution < 1.29 is 31.9 Å². The molecule has 12 heteroatoms. The van der Waals surface area contributed by atoms with Crippen LogP contribution in [0.15, 0.2) is 48.8 Å². The maximum Gasteiger partial charge on any atom is 0.416 e. The van der Waals surface area contributed by atoms with E-state index in [2.05, 4.69) is 20.9 Å². The summed E-state index contributed by atoms with van der Waals surface area (Å²) in [6.07, 6.45) is -3.10. The van der Waals surface area contributed by atoms with Crippen LogP contribution in [0.5, 0.6) is 0 Å². The van der Waals surface area contributed by atoms with E-state index < -0.39 is 40.9 Å². The molecule has 1 aliphatic rings. The van der Waals surface area contributed by atoms with Gasteiger partial charge in [0.15, 0.2) is 5.54 Å². The van der Waals surface area contributed by atoms with Crippen LogP contribution in [0, 0.1) is 12.7 Å². The molecule has 8 nitrogen and oxygen atoms in total. The first-order valence-electron chi connectivity index (χ1n) is 10.3. The van der Waals surface area contributed by atoms with Crippen molar-refractivity contribution in [3.05, 3.63) is 77.1 Å². The molecule has 0 unspecified atom stereocenters. The third-order valence-corrected chi connectivity index (χ3v) is 5.73. The Morgan fingerprint density at radius 3 is 2.37 bits per heavy atom. The Morgan fingerprint density at radius 1 is 1.14 bits per heavy atom. The largest absolute Gasteiger partial charge is 0.416 e. The van der Waals surface area contributed by atoms with E-state index in [1.165, 1.54) is 17.0 Å². The molecule has 0 radical (unpaired) electrons. The number of imidazole rings is 1. The van der Waals surface area contributed by atoms with E-state index in [0.29, 0.717) is 11.4 Å². The second-order valence-corrected chi connectivity index (χ2v) is 8.05. The predicted molar refractivity (Wildman–Crippen MR) is 115 cm³/mol. The normalized spacial score (nSPS) is 17.8. The highest BCUT2D eigenvalue weighted by Gasteiger charge is 2.50. The fourth-order valence-electron chi connectivity index (χ4n) is 4.12. The summed E-state index contributed by atoms with van der Waals surface area (Å²) in [4.78, 5) is 42.0. The van der Waals surface area contributed by atoms with Gasteiger partial charge in [-0.3, -0.25) is 14.9 Å². The monoisotopic (exact) mass is 489 g/mol. The van der Waals surface area contributed by atoms with Gasteiger partial charge in [0, 0.05) is 12.6 Å². The number of amides is 4. The van der Waals surface area contributed by atoms with Crippen molar-refractivity contribution in [1.82, 2.24) is 25.5 Å². The number of aromatic nitrogens is 2. The molecule has 182 valence electrons. The summed E-state index contributed by atoms with van der Waals surface area (Å²) in [7, 11) is 1.62. The molecule has 4 rings (SSSR count). The van der Waals surface area contributed by atoms with Gasteiger partial charge in [-0.1, -0.05) is 12.1 Å². The van der Waals surface area contributed by atoms with E-state index >= 15 is 0 Å². The van der Waals surface area contributed by atoms with Crippen LogP contribution < -0.4 is 16.0 Å². The molecule has 3 aromatic rings. The van der Waals surface area contributed by atoms with Gasteiger partial charge in [0.25, 0.3) is 11.8 Å². The van der Waals surface area contributed by atoms with Gasteiger partial charge in [-0.15, -0.1) is 0 Å². The minimum absolute atomic E-state index is 0.0345. The average molecular weight is 489 g/mol. The van der Waals surface area contributed by atoms with Crippen molar-refractivity contribution in [1.29, 1.82) is 0 Å². The smallest absolute Gasteiger partial charge is 0.349 e. The molecule has 1 aliphatic heterocycles. The van der Waals surface area contributed by atoms with Crippen LogP contribution in [0.2, 0.25) is 0 Å². The molecule has 2 heterocycles. The van der Waals surface area contributed by atoms with Gasteiger partial charge < -0.3 is 15.2 Å². The van der Waals surface area contributed by atoms with Gasteiger partial charge in [0.2, 0.25) is 0 Å². The van der Waals surface area contributed by atoms with Crippen LogP contribution >= 0.6 is 0 Å². The van der Waals surface area contributed by atoms with Crippen LogP contribution in [-0.2, 0) is 23.6 Å². The predicted octanol–water partition coefficient (Wildman–Crippen LogP) is 3.02. The zero-order chi connectivity index (χ0) is 25.5. The molecule has 0 spiro atoms. The van der Waals surface area contributed by atoms with Crippen molar-refractivity contribution in [2.45, 2.75) is 18.6 Å². The van der Waals surface area contributed by atoms with Gasteiger partial charge in [0.05, 0.1) is 29.8 Å². The van der Waals surface area contributed by atoms with Gasteiger partial charge >= 0.3 is 12.2 Å². The summed E-state index contributed by atoms with van der Waals surface area (Å²) in [6.45, 7) is 1.27. The van der Waals surface area contributed by atoms with Crippen molar-refractivity contribution in [2.24, 2.45) is 7.05 Å². The number of rotatable bonds is 5. The maximum absolute atomic E-state index is 14.0. The molecule has 1 aromatic heterocycles. The third kappa shape index (κ3) is 4.34. The Hall–Kier alpha value is -4.22. The number of nitrogens with zero attached hydrogens (tertiary/aromatic N) is 2. The van der Waals surface area contributed by atoms with Crippen molar-refractivity contribution in [2.75, 3.05) is 6.54 Å². The molecule has 35 heavy (non-hydrogen) atoms. The van der Waals surface area contributed by atoms with Crippen LogP contribution in [0.25, 0.3) is 11.1 Å². The standard InChI is InChI=1S/C23H19F4N5O3/c1-12-18(32(2)11-29-12)22(20(34)30-21(35)31-22)10-28-19(33)16-8-7-15(24)9-17(16)13-3-5-14(6-4-13)23(25,26)27/h3-9,11H,10H2,1-2H3,(H,28,33)(H2,30,31,34,35)/t22-/m1/s1. The number of alkyl halides is 3. The number of halogens is 4. The zero-order valence-corrected chi connectivity index (χ0v) is 18.5. The number of nitrogens with one attached hydrogen (secondary N) is 3. The highest BCUT2D eigenvalue weighted by molar-refractivity contribution is 6.08. The molecule has 1 saturated heterocycles. The fourth-order valence-corrected chi connectivity index (χ4v) is 4.12. The summed E-state index contributed by atoms with van der Waals surface area (Å²) in [5.74, 6) is -2.12. The number of benzene rings is 2. The Balaban J connectivity index is 1.67. The second kappa shape index (κ2) is 8.53. The summed E-state index contributed by atoms with van der Waals surface area (Å²) in [6, 6.07) is 6.44. The number of imide groups is 1. The van der Waals surface area contributed by atoms with Gasteiger partial charge in [-0.25, -0.2) is 14.2 Å². The highest BCUT2D eigenvalue weighted by Crippen LogP contribution is 2.32. The molecule has 4 amide bonds. The lowest BCUT2D eigenvalue weighted by atomic mass is 9.92. The maximum atomic E-state index is 14.0. The Bertz CT molecular complexity index is 1310. The van der Waals surface area contributed by atoms with Gasteiger partial charge in [-0.2, -0.15) is 13.2 Å². The van der Waals surface area contributed by atoms with E-state index in [1.807, 2.05) is 0 Å². The lowest BCUT2D eigenvalue weighted by molar-refractivity contribution is -0.137. The summed E-state index contributed by atoms with van der Waals surface area (Å²) < 4.78 is 54.3. The molecule has 0 saturated carbocycles. The first-order chi connectivity index (χ1) is 16.4. The van der Waals surface area contributed by atoms with Gasteiger partial charge in [0.1, 0.15) is 5.82 Å². The lowest BCUT2D eigenvalue weighted by Crippen LogP contribution is -2.54. The number of carbonyl (C=O) groups is 3. The van der Waals surface area contributed by atoms with Crippen molar-refractivity contribution >= 4 is 17.8 Å². The van der Waals surface area contributed by atoms with E-state index in [4.69, 9.17) is 0 Å². The van der Waals surface area contributed by atoms with Crippen molar-refractivity contribution in [3.63, 3.8) is 0 Å². The summed E-state index contributed by atoms with van der Waals surface area (Å²) >= 11 is 0.